The highest BCUT2D eigenvalue weighted by atomic mass is 32.2. The molecule has 3 heterocycles. The van der Waals surface area contributed by atoms with Gasteiger partial charge in [-0.2, -0.15) is 4.31 Å². The fourth-order valence-electron chi connectivity index (χ4n) is 3.35. The third kappa shape index (κ3) is 4.99. The van der Waals surface area contributed by atoms with E-state index in [9.17, 15) is 13.2 Å². The summed E-state index contributed by atoms with van der Waals surface area (Å²) in [6.45, 7) is 1.60. The van der Waals surface area contributed by atoms with Crippen LogP contribution in [0.1, 0.15) is 20.8 Å². The Hall–Kier alpha value is -2.79. The van der Waals surface area contributed by atoms with Crippen molar-refractivity contribution in [2.45, 2.75) is 17.9 Å². The molecule has 0 radical (unpaired) electrons. The number of sulfonamides is 1. The van der Waals surface area contributed by atoms with E-state index in [0.717, 1.165) is 5.56 Å². The third-order valence-corrected chi connectivity index (χ3v) is 7.90. The van der Waals surface area contributed by atoms with Gasteiger partial charge in [0.2, 0.25) is 15.9 Å². The van der Waals surface area contributed by atoms with Crippen molar-refractivity contribution in [1.82, 2.24) is 9.29 Å². The largest absolute Gasteiger partial charge is 0.475 e. The summed E-state index contributed by atoms with van der Waals surface area (Å²) in [4.78, 5) is 18.2. The second-order valence-electron chi connectivity index (χ2n) is 7.17. The number of thiophene rings is 1. The lowest BCUT2D eigenvalue weighted by molar-refractivity contribution is 0.102. The van der Waals surface area contributed by atoms with E-state index in [4.69, 9.17) is 9.47 Å². The third-order valence-electron chi connectivity index (χ3n) is 5.04. The molecule has 0 saturated carbocycles. The number of hydrogen-bond acceptors (Lipinski definition) is 7. The van der Waals surface area contributed by atoms with Gasteiger partial charge in [-0.25, -0.2) is 13.4 Å². The molecule has 0 unspecified atom stereocenters. The number of nitrogens with one attached hydrogen (secondary N) is 1. The van der Waals surface area contributed by atoms with Crippen LogP contribution in [0.5, 0.6) is 5.88 Å². The molecule has 10 heteroatoms. The molecule has 0 fully saturated rings. The molecule has 1 N–H and O–H groups in total. The van der Waals surface area contributed by atoms with E-state index in [0.29, 0.717) is 44.3 Å². The Bertz CT molecular complexity index is 1190. The number of nitrogens with zero attached hydrogens (tertiary/aromatic N) is 2. The van der Waals surface area contributed by atoms with Crippen LogP contribution in [0.25, 0.3) is 0 Å². The number of carbonyl (C=O) groups excluding carboxylic acids is 1. The summed E-state index contributed by atoms with van der Waals surface area (Å²) < 4.78 is 38.1. The Morgan fingerprint density at radius 3 is 2.88 bits per heavy atom. The van der Waals surface area contributed by atoms with Crippen LogP contribution in [0.3, 0.4) is 0 Å². The maximum absolute atomic E-state index is 13.2. The first kappa shape index (κ1) is 22.4. The van der Waals surface area contributed by atoms with E-state index in [-0.39, 0.29) is 10.5 Å². The van der Waals surface area contributed by atoms with Crippen LogP contribution in [0.4, 0.5) is 5.69 Å². The van der Waals surface area contributed by atoms with E-state index >= 15 is 0 Å². The molecule has 4 rings (SSSR count). The number of aromatic nitrogens is 1. The highest BCUT2D eigenvalue weighted by molar-refractivity contribution is 7.89. The summed E-state index contributed by atoms with van der Waals surface area (Å²) in [6.07, 6.45) is 2.18. The molecule has 0 atom stereocenters. The zero-order chi connectivity index (χ0) is 22.6. The van der Waals surface area contributed by atoms with Crippen molar-refractivity contribution in [3.05, 3.63) is 70.0 Å². The van der Waals surface area contributed by atoms with Crippen molar-refractivity contribution in [3.8, 4) is 5.88 Å². The van der Waals surface area contributed by atoms with Crippen molar-refractivity contribution in [2.24, 2.45) is 0 Å². The van der Waals surface area contributed by atoms with Crippen LogP contribution >= 0.6 is 11.3 Å². The molecular formula is C22H23N3O5S2. The molecule has 8 nitrogen and oxygen atoms in total. The number of pyridine rings is 1. The van der Waals surface area contributed by atoms with Gasteiger partial charge in [-0.3, -0.25) is 4.79 Å². The molecule has 0 bridgehead atoms. The number of amides is 1. The molecule has 1 aliphatic rings. The number of hydrogen-bond donors (Lipinski definition) is 1. The lowest BCUT2D eigenvalue weighted by Crippen LogP contribution is -2.35. The van der Waals surface area contributed by atoms with E-state index < -0.39 is 15.9 Å². The quantitative estimate of drug-likeness (QED) is 0.505. The molecule has 2 aromatic heterocycles. The monoisotopic (exact) mass is 473 g/mol. The van der Waals surface area contributed by atoms with E-state index in [1.54, 1.807) is 42.7 Å². The van der Waals surface area contributed by atoms with Gasteiger partial charge in [0, 0.05) is 36.7 Å². The molecule has 32 heavy (non-hydrogen) atoms. The van der Waals surface area contributed by atoms with Crippen LogP contribution in [-0.4, -0.2) is 50.5 Å². The van der Waals surface area contributed by atoms with Gasteiger partial charge in [0.05, 0.1) is 23.4 Å². The maximum Gasteiger partial charge on any atom is 0.255 e. The van der Waals surface area contributed by atoms with Gasteiger partial charge in [0.1, 0.15) is 6.61 Å². The van der Waals surface area contributed by atoms with Crippen LogP contribution < -0.4 is 10.1 Å². The topological polar surface area (TPSA) is 97.8 Å². The summed E-state index contributed by atoms with van der Waals surface area (Å²) in [5, 5.41) is 4.72. The van der Waals surface area contributed by atoms with Crippen LogP contribution in [0.2, 0.25) is 0 Å². The molecule has 0 aliphatic carbocycles. The first-order chi connectivity index (χ1) is 15.5. The van der Waals surface area contributed by atoms with Gasteiger partial charge in [-0.1, -0.05) is 6.07 Å². The highest BCUT2D eigenvalue weighted by Crippen LogP contribution is 2.28. The standard InChI is InChI=1S/C22H23N3O5S2/c1-29-10-11-30-21-6-5-18(14-23-21)24-22(26)16-3-2-4-19(13-16)32(27,28)25-9-7-20-17(15-25)8-12-31-20/h2-6,8,12-14H,7,9-11,15H2,1H3,(H,24,26). The molecule has 0 spiro atoms. The van der Waals surface area contributed by atoms with Crippen molar-refractivity contribution < 1.29 is 22.7 Å². The number of rotatable bonds is 8. The number of ether oxygens (including phenoxy) is 2. The summed E-state index contributed by atoms with van der Waals surface area (Å²) in [7, 11) is -2.12. The van der Waals surface area contributed by atoms with Gasteiger partial charge in [-0.05, 0) is 47.7 Å². The minimum Gasteiger partial charge on any atom is -0.475 e. The molecule has 168 valence electrons. The van der Waals surface area contributed by atoms with Crippen molar-refractivity contribution in [1.29, 1.82) is 0 Å². The lowest BCUT2D eigenvalue weighted by atomic mass is 10.1. The Morgan fingerprint density at radius 1 is 1.22 bits per heavy atom. The Morgan fingerprint density at radius 2 is 2.09 bits per heavy atom. The van der Waals surface area contributed by atoms with Gasteiger partial charge in [0.25, 0.3) is 5.91 Å². The SMILES string of the molecule is COCCOc1ccc(NC(=O)c2cccc(S(=O)(=O)N3CCc4sccc4C3)c2)cn1. The molecule has 1 aromatic carbocycles. The predicted octanol–water partition coefficient (Wildman–Crippen LogP) is 3.17. The van der Waals surface area contributed by atoms with E-state index in [1.165, 1.54) is 27.5 Å². The van der Waals surface area contributed by atoms with Gasteiger partial charge in [-0.15, -0.1) is 11.3 Å². The van der Waals surface area contributed by atoms with Crippen molar-refractivity contribution in [2.75, 3.05) is 32.2 Å². The normalized spacial score (nSPS) is 14.0. The Kier molecular flexibility index (Phi) is 6.85. The minimum absolute atomic E-state index is 0.101. The number of methoxy groups -OCH3 is 1. The second-order valence-corrected chi connectivity index (χ2v) is 10.1. The van der Waals surface area contributed by atoms with Crippen LogP contribution in [0.15, 0.2) is 58.9 Å². The van der Waals surface area contributed by atoms with Gasteiger partial charge in [0.15, 0.2) is 0 Å². The molecule has 1 aliphatic heterocycles. The zero-order valence-corrected chi connectivity index (χ0v) is 19.1. The Labute approximate surface area is 190 Å². The fourth-order valence-corrected chi connectivity index (χ4v) is 5.70. The fraction of sp³-hybridized carbons (Fsp3) is 0.273. The minimum atomic E-state index is -3.71. The van der Waals surface area contributed by atoms with Crippen molar-refractivity contribution >= 4 is 33.0 Å². The zero-order valence-electron chi connectivity index (χ0n) is 17.5. The summed E-state index contributed by atoms with van der Waals surface area (Å²) in [6, 6.07) is 11.4. The highest BCUT2D eigenvalue weighted by Gasteiger charge is 2.29. The average molecular weight is 474 g/mol. The van der Waals surface area contributed by atoms with Crippen LogP contribution in [0, 0.1) is 0 Å². The first-order valence-electron chi connectivity index (χ1n) is 10.0. The number of anilines is 1. The van der Waals surface area contributed by atoms with E-state index in [2.05, 4.69) is 10.3 Å². The first-order valence-corrected chi connectivity index (χ1v) is 12.3. The Balaban J connectivity index is 1.45. The second kappa shape index (κ2) is 9.78. The van der Waals surface area contributed by atoms with Crippen molar-refractivity contribution in [3.63, 3.8) is 0 Å². The summed E-state index contributed by atoms with van der Waals surface area (Å²) in [5.41, 5.74) is 1.77. The average Bonchev–Trinajstić information content (AvgIpc) is 3.28. The van der Waals surface area contributed by atoms with E-state index in [1.807, 2.05) is 11.4 Å². The van der Waals surface area contributed by atoms with Gasteiger partial charge < -0.3 is 14.8 Å². The van der Waals surface area contributed by atoms with Gasteiger partial charge >= 0.3 is 0 Å². The number of benzene rings is 1. The molecule has 0 saturated heterocycles. The van der Waals surface area contributed by atoms with Crippen LogP contribution in [-0.2, 0) is 27.7 Å². The predicted molar refractivity (Wildman–Crippen MR) is 122 cm³/mol. The maximum atomic E-state index is 13.2. The number of fused-ring (bicyclic) bond motifs is 1. The lowest BCUT2D eigenvalue weighted by Gasteiger charge is -2.26. The number of carbonyl (C=O) groups is 1. The summed E-state index contributed by atoms with van der Waals surface area (Å²) in [5.74, 6) is -0.000817. The summed E-state index contributed by atoms with van der Waals surface area (Å²) >= 11 is 1.65. The molecular weight excluding hydrogens is 450 g/mol. The molecule has 3 aromatic rings. The smallest absolute Gasteiger partial charge is 0.255 e. The molecule has 1 amide bonds.